The number of hydrogen-bond donors (Lipinski definition) is 1. The van der Waals surface area contributed by atoms with E-state index in [9.17, 15) is 14.7 Å². The Balaban J connectivity index is 1.62. The van der Waals surface area contributed by atoms with E-state index in [0.717, 1.165) is 37.7 Å². The molecule has 0 saturated heterocycles. The normalized spacial score (nSPS) is 13.8. The molecule has 1 aromatic rings. The second-order valence-corrected chi connectivity index (χ2v) is 7.04. The first-order valence-corrected chi connectivity index (χ1v) is 9.44. The fraction of sp³-hybridized carbons (Fsp3) is 0.474. The smallest absolute Gasteiger partial charge is 0.407 e. The lowest BCUT2D eigenvalue weighted by Gasteiger charge is -2.20. The average Bonchev–Trinajstić information content (AvgIpc) is 3.08. The van der Waals surface area contributed by atoms with Crippen LogP contribution in [-0.2, 0) is 11.2 Å². The van der Waals surface area contributed by atoms with E-state index in [4.69, 9.17) is 0 Å². The van der Waals surface area contributed by atoms with Crippen molar-refractivity contribution in [2.24, 2.45) is 0 Å². The molecule has 0 aromatic carbocycles. The molecule has 130 valence electrons. The molecule has 2 rings (SSSR count). The lowest BCUT2D eigenvalue weighted by atomic mass is 10.0. The Morgan fingerprint density at radius 3 is 2.71 bits per heavy atom. The van der Waals surface area contributed by atoms with Crippen LogP contribution in [0.1, 0.15) is 43.4 Å². The number of carbonyl (C=O) groups excluding carboxylic acids is 1. The van der Waals surface area contributed by atoms with Gasteiger partial charge in [-0.05, 0) is 42.7 Å². The van der Waals surface area contributed by atoms with E-state index in [-0.39, 0.29) is 5.78 Å². The molecule has 5 heteroatoms. The van der Waals surface area contributed by atoms with Crippen LogP contribution in [0.25, 0.3) is 0 Å². The number of carbonyl (C=O) groups is 2. The number of aryl methyl sites for hydroxylation is 1. The molecule has 0 atom stereocenters. The molecular weight excluding hydrogens is 322 g/mol. The third kappa shape index (κ3) is 6.32. The van der Waals surface area contributed by atoms with Gasteiger partial charge in [-0.25, -0.2) is 4.79 Å². The molecule has 1 amide bonds. The van der Waals surface area contributed by atoms with Crippen molar-refractivity contribution >= 4 is 23.2 Å². The molecule has 1 aromatic heterocycles. The lowest BCUT2D eigenvalue weighted by molar-refractivity contribution is -0.115. The molecule has 0 aliphatic heterocycles. The van der Waals surface area contributed by atoms with E-state index in [1.54, 1.807) is 17.4 Å². The second kappa shape index (κ2) is 10.1. The van der Waals surface area contributed by atoms with E-state index in [1.165, 1.54) is 9.78 Å². The molecule has 24 heavy (non-hydrogen) atoms. The summed E-state index contributed by atoms with van der Waals surface area (Å²) in [6.07, 6.45) is 10.9. The van der Waals surface area contributed by atoms with E-state index in [1.807, 2.05) is 12.2 Å². The van der Waals surface area contributed by atoms with Gasteiger partial charge < -0.3 is 10.0 Å². The number of thiophene rings is 1. The lowest BCUT2D eigenvalue weighted by Crippen LogP contribution is -2.32. The summed E-state index contributed by atoms with van der Waals surface area (Å²) in [6.45, 7) is 0.946. The van der Waals surface area contributed by atoms with Gasteiger partial charge in [0.25, 0.3) is 0 Å². The van der Waals surface area contributed by atoms with E-state index in [0.29, 0.717) is 25.9 Å². The number of hydrogen-bond acceptors (Lipinski definition) is 3. The summed E-state index contributed by atoms with van der Waals surface area (Å²) in [5.41, 5.74) is 0.736. The summed E-state index contributed by atoms with van der Waals surface area (Å²) in [5.74, 6) is 0.108. The van der Waals surface area contributed by atoms with Crippen LogP contribution in [0.5, 0.6) is 0 Å². The van der Waals surface area contributed by atoms with Gasteiger partial charge in [0, 0.05) is 24.4 Å². The monoisotopic (exact) mass is 347 g/mol. The summed E-state index contributed by atoms with van der Waals surface area (Å²) < 4.78 is 0. The maximum atomic E-state index is 11.7. The van der Waals surface area contributed by atoms with Crippen molar-refractivity contribution in [2.75, 3.05) is 13.1 Å². The molecule has 4 nitrogen and oxygen atoms in total. The number of Topliss-reactive ketones (excluding diaryl/α,β-unsaturated/α-hetero) is 1. The minimum Gasteiger partial charge on any atom is -0.465 e. The highest BCUT2D eigenvalue weighted by Gasteiger charge is 2.15. The van der Waals surface area contributed by atoms with Gasteiger partial charge in [0.2, 0.25) is 0 Å². The van der Waals surface area contributed by atoms with E-state index < -0.39 is 6.09 Å². The number of allylic oxidation sites excluding steroid dienone is 3. The summed E-state index contributed by atoms with van der Waals surface area (Å²) in [7, 11) is 0. The molecule has 1 N–H and O–H groups in total. The molecule has 0 fully saturated rings. The van der Waals surface area contributed by atoms with Crippen molar-refractivity contribution in [1.82, 2.24) is 4.90 Å². The minimum atomic E-state index is -0.895. The van der Waals surface area contributed by atoms with Gasteiger partial charge >= 0.3 is 6.09 Å². The molecule has 1 aliphatic rings. The van der Waals surface area contributed by atoms with Crippen LogP contribution in [0.15, 0.2) is 41.3 Å². The standard InChI is InChI=1S/C19H25NO3S/c21-18-11-5-4-8-16(18)12-14-20(19(22)23)13-6-2-1-3-9-17-10-7-15-24-17/h4-5,7-8,10,15H,1-3,6,9,11-14H2,(H,22,23). The van der Waals surface area contributed by atoms with Crippen molar-refractivity contribution in [3.63, 3.8) is 0 Å². The van der Waals surface area contributed by atoms with Crippen molar-refractivity contribution in [3.05, 3.63) is 46.2 Å². The van der Waals surface area contributed by atoms with Gasteiger partial charge in [0.1, 0.15) is 0 Å². The van der Waals surface area contributed by atoms with Crippen LogP contribution in [0.2, 0.25) is 0 Å². The number of nitrogens with zero attached hydrogens (tertiary/aromatic N) is 1. The Morgan fingerprint density at radius 1 is 1.17 bits per heavy atom. The molecular formula is C19H25NO3S. The van der Waals surface area contributed by atoms with Gasteiger partial charge in [-0.15, -0.1) is 11.3 Å². The molecule has 0 bridgehead atoms. The largest absolute Gasteiger partial charge is 0.465 e. The number of ketones is 1. The fourth-order valence-electron chi connectivity index (χ4n) is 2.77. The SMILES string of the molecule is O=C1CC=CC=C1CCN(CCCCCCc1cccs1)C(=O)O. The van der Waals surface area contributed by atoms with Crippen LogP contribution in [0.4, 0.5) is 4.79 Å². The molecule has 1 heterocycles. The highest BCUT2D eigenvalue weighted by atomic mass is 32.1. The summed E-state index contributed by atoms with van der Waals surface area (Å²) >= 11 is 1.79. The van der Waals surface area contributed by atoms with E-state index >= 15 is 0 Å². The highest BCUT2D eigenvalue weighted by Crippen LogP contribution is 2.15. The average molecular weight is 347 g/mol. The summed E-state index contributed by atoms with van der Waals surface area (Å²) in [6, 6.07) is 4.24. The molecule has 0 spiro atoms. The van der Waals surface area contributed by atoms with Crippen molar-refractivity contribution in [2.45, 2.75) is 44.9 Å². The zero-order valence-corrected chi connectivity index (χ0v) is 14.8. The first-order chi connectivity index (χ1) is 11.7. The summed E-state index contributed by atoms with van der Waals surface area (Å²) in [5, 5.41) is 11.4. The van der Waals surface area contributed by atoms with E-state index in [2.05, 4.69) is 17.5 Å². The van der Waals surface area contributed by atoms with Gasteiger partial charge in [-0.3, -0.25) is 4.79 Å². The minimum absolute atomic E-state index is 0.108. The quantitative estimate of drug-likeness (QED) is 0.625. The van der Waals surface area contributed by atoms with Gasteiger partial charge in [-0.2, -0.15) is 0 Å². The van der Waals surface area contributed by atoms with Crippen molar-refractivity contribution < 1.29 is 14.7 Å². The van der Waals surface area contributed by atoms with Crippen molar-refractivity contribution in [3.8, 4) is 0 Å². The summed E-state index contributed by atoms with van der Waals surface area (Å²) in [4.78, 5) is 25.9. The van der Waals surface area contributed by atoms with Gasteiger partial charge in [-0.1, -0.05) is 37.1 Å². The third-order valence-electron chi connectivity index (χ3n) is 4.20. The Labute approximate surface area is 147 Å². The van der Waals surface area contributed by atoms with Crippen LogP contribution >= 0.6 is 11.3 Å². The fourth-order valence-corrected chi connectivity index (χ4v) is 3.53. The van der Waals surface area contributed by atoms with Gasteiger partial charge in [0.05, 0.1) is 0 Å². The first-order valence-electron chi connectivity index (χ1n) is 8.56. The topological polar surface area (TPSA) is 57.6 Å². The Morgan fingerprint density at radius 2 is 2.00 bits per heavy atom. The predicted molar refractivity (Wildman–Crippen MR) is 97.6 cm³/mol. The molecule has 0 unspecified atom stereocenters. The highest BCUT2D eigenvalue weighted by molar-refractivity contribution is 7.09. The number of unbranched alkanes of at least 4 members (excludes halogenated alkanes) is 3. The van der Waals surface area contributed by atoms with Crippen LogP contribution < -0.4 is 0 Å². The predicted octanol–water partition coefficient (Wildman–Crippen LogP) is 4.68. The molecule has 0 radical (unpaired) electrons. The molecule has 0 saturated carbocycles. The van der Waals surface area contributed by atoms with Crippen LogP contribution in [-0.4, -0.2) is 35.0 Å². The second-order valence-electron chi connectivity index (χ2n) is 6.01. The Bertz CT molecular complexity index is 590. The zero-order valence-electron chi connectivity index (χ0n) is 13.9. The maximum absolute atomic E-state index is 11.7. The zero-order chi connectivity index (χ0) is 17.2. The number of rotatable bonds is 10. The van der Waals surface area contributed by atoms with Crippen molar-refractivity contribution in [1.29, 1.82) is 0 Å². The number of amides is 1. The third-order valence-corrected chi connectivity index (χ3v) is 5.13. The van der Waals surface area contributed by atoms with Crippen LogP contribution in [0, 0.1) is 0 Å². The van der Waals surface area contributed by atoms with Gasteiger partial charge in [0.15, 0.2) is 5.78 Å². The Hall–Kier alpha value is -1.88. The Kier molecular flexibility index (Phi) is 7.75. The van der Waals surface area contributed by atoms with Crippen LogP contribution in [0.3, 0.4) is 0 Å². The first kappa shape index (κ1) is 18.5. The molecule has 1 aliphatic carbocycles. The maximum Gasteiger partial charge on any atom is 0.407 e. The number of carboxylic acid groups (broad SMARTS) is 1.